The largest absolute Gasteiger partial charge is 0.394 e. The van der Waals surface area contributed by atoms with Gasteiger partial charge in [0.05, 0.1) is 23.2 Å². The number of aliphatic hydroxyl groups is 1. The number of aliphatic hydroxyl groups excluding tert-OH is 1. The molecule has 2 rings (SSSR count). The third-order valence-electron chi connectivity index (χ3n) is 2.39. The average molecular weight is 191 g/mol. The van der Waals surface area contributed by atoms with Crippen molar-refractivity contribution >= 4 is 11.0 Å². The fourth-order valence-corrected chi connectivity index (χ4v) is 1.34. The second kappa shape index (κ2) is 3.08. The van der Waals surface area contributed by atoms with Crippen LogP contribution in [-0.2, 0) is 5.54 Å². The van der Waals surface area contributed by atoms with Crippen LogP contribution in [0, 0.1) is 0 Å². The summed E-state index contributed by atoms with van der Waals surface area (Å²) in [6.45, 7) is 1.68. The number of rotatable bonds is 2. The Morgan fingerprint density at radius 3 is 3.14 bits per heavy atom. The van der Waals surface area contributed by atoms with Gasteiger partial charge in [-0.05, 0) is 24.6 Å². The SMILES string of the molecule is C[C@@](N)(CO)c1cnc2cc[nH]c2c1. The molecule has 0 aliphatic carbocycles. The van der Waals surface area contributed by atoms with Gasteiger partial charge in [0.2, 0.25) is 0 Å². The van der Waals surface area contributed by atoms with Crippen molar-refractivity contribution in [2.24, 2.45) is 5.73 Å². The summed E-state index contributed by atoms with van der Waals surface area (Å²) in [7, 11) is 0. The molecular formula is C10H13N3O. The summed E-state index contributed by atoms with van der Waals surface area (Å²) < 4.78 is 0. The molecule has 2 aromatic rings. The normalized spacial score (nSPS) is 15.6. The van der Waals surface area contributed by atoms with E-state index in [4.69, 9.17) is 10.8 Å². The van der Waals surface area contributed by atoms with Gasteiger partial charge in [0.1, 0.15) is 0 Å². The Morgan fingerprint density at radius 1 is 1.64 bits per heavy atom. The first-order chi connectivity index (χ1) is 6.63. The van der Waals surface area contributed by atoms with E-state index in [0.29, 0.717) is 0 Å². The van der Waals surface area contributed by atoms with E-state index in [0.717, 1.165) is 16.6 Å². The second-order valence-corrected chi connectivity index (χ2v) is 3.71. The summed E-state index contributed by atoms with van der Waals surface area (Å²) in [6.07, 6.45) is 3.53. The summed E-state index contributed by atoms with van der Waals surface area (Å²) in [5, 5.41) is 9.11. The molecule has 4 heteroatoms. The lowest BCUT2D eigenvalue weighted by Gasteiger charge is -2.21. The summed E-state index contributed by atoms with van der Waals surface area (Å²) in [5.74, 6) is 0. The van der Waals surface area contributed by atoms with E-state index >= 15 is 0 Å². The number of nitrogens with one attached hydrogen (secondary N) is 1. The van der Waals surface area contributed by atoms with Crippen molar-refractivity contribution in [2.45, 2.75) is 12.5 Å². The van der Waals surface area contributed by atoms with Crippen LogP contribution in [0.3, 0.4) is 0 Å². The molecule has 2 heterocycles. The number of fused-ring (bicyclic) bond motifs is 1. The minimum absolute atomic E-state index is 0.0963. The first-order valence-corrected chi connectivity index (χ1v) is 4.47. The van der Waals surface area contributed by atoms with Crippen molar-refractivity contribution in [3.63, 3.8) is 0 Å². The lowest BCUT2D eigenvalue weighted by Crippen LogP contribution is -2.37. The standard InChI is InChI=1S/C10H13N3O/c1-10(11,6-14)7-4-9-8(13-5-7)2-3-12-9/h2-5,12,14H,6,11H2,1H3/t10-/m1/s1. The predicted molar refractivity (Wildman–Crippen MR) is 54.7 cm³/mol. The van der Waals surface area contributed by atoms with Crippen molar-refractivity contribution in [1.82, 2.24) is 9.97 Å². The number of H-pyrrole nitrogens is 1. The maximum Gasteiger partial charge on any atom is 0.0878 e. The lowest BCUT2D eigenvalue weighted by molar-refractivity contribution is 0.210. The Bertz CT molecular complexity index is 447. The lowest BCUT2D eigenvalue weighted by atomic mass is 9.96. The maximum atomic E-state index is 9.11. The molecule has 0 fully saturated rings. The Hall–Kier alpha value is -1.39. The summed E-state index contributed by atoms with van der Waals surface area (Å²) in [4.78, 5) is 7.29. The smallest absolute Gasteiger partial charge is 0.0878 e. The van der Waals surface area contributed by atoms with Crippen LogP contribution in [-0.4, -0.2) is 21.7 Å². The van der Waals surface area contributed by atoms with Crippen molar-refractivity contribution in [2.75, 3.05) is 6.61 Å². The monoisotopic (exact) mass is 191 g/mol. The zero-order chi connectivity index (χ0) is 10.2. The first kappa shape index (κ1) is 9.18. The van der Waals surface area contributed by atoms with Crippen molar-refractivity contribution in [1.29, 1.82) is 0 Å². The van der Waals surface area contributed by atoms with Gasteiger partial charge in [0.25, 0.3) is 0 Å². The number of aromatic amines is 1. The Balaban J connectivity index is 2.53. The molecule has 4 N–H and O–H groups in total. The number of hydrogen-bond donors (Lipinski definition) is 3. The van der Waals surface area contributed by atoms with Crippen LogP contribution in [0.4, 0.5) is 0 Å². The van der Waals surface area contributed by atoms with E-state index in [2.05, 4.69) is 9.97 Å². The molecule has 1 atom stereocenters. The fourth-order valence-electron chi connectivity index (χ4n) is 1.34. The molecule has 0 amide bonds. The number of nitrogens with two attached hydrogens (primary N) is 1. The number of pyridine rings is 1. The van der Waals surface area contributed by atoms with E-state index in [9.17, 15) is 0 Å². The minimum atomic E-state index is -0.730. The highest BCUT2D eigenvalue weighted by atomic mass is 16.3. The van der Waals surface area contributed by atoms with Gasteiger partial charge in [-0.15, -0.1) is 0 Å². The van der Waals surface area contributed by atoms with Gasteiger partial charge in [0.15, 0.2) is 0 Å². The summed E-state index contributed by atoms with van der Waals surface area (Å²) in [5.41, 5.74) is 7.83. The van der Waals surface area contributed by atoms with Gasteiger partial charge in [-0.3, -0.25) is 4.98 Å². The van der Waals surface area contributed by atoms with Crippen LogP contribution >= 0.6 is 0 Å². The van der Waals surface area contributed by atoms with E-state index < -0.39 is 5.54 Å². The van der Waals surface area contributed by atoms with Crippen LogP contribution < -0.4 is 5.73 Å². The summed E-state index contributed by atoms with van der Waals surface area (Å²) in [6, 6.07) is 3.81. The van der Waals surface area contributed by atoms with Crippen LogP contribution in [0.5, 0.6) is 0 Å². The third-order valence-corrected chi connectivity index (χ3v) is 2.39. The highest BCUT2D eigenvalue weighted by Gasteiger charge is 2.20. The fraction of sp³-hybridized carbons (Fsp3) is 0.300. The molecule has 74 valence electrons. The Morgan fingerprint density at radius 2 is 2.43 bits per heavy atom. The zero-order valence-electron chi connectivity index (χ0n) is 7.99. The van der Waals surface area contributed by atoms with Crippen LogP contribution in [0.1, 0.15) is 12.5 Å². The predicted octanol–water partition coefficient (Wildman–Crippen LogP) is 0.729. The number of aromatic nitrogens is 2. The van der Waals surface area contributed by atoms with Crippen LogP contribution in [0.25, 0.3) is 11.0 Å². The van der Waals surface area contributed by atoms with Gasteiger partial charge in [0, 0.05) is 12.4 Å². The molecule has 14 heavy (non-hydrogen) atoms. The molecule has 0 aliphatic heterocycles. The van der Waals surface area contributed by atoms with Gasteiger partial charge in [-0.25, -0.2) is 0 Å². The number of nitrogens with zero attached hydrogens (tertiary/aromatic N) is 1. The molecule has 0 saturated heterocycles. The Kier molecular flexibility index (Phi) is 2.02. The van der Waals surface area contributed by atoms with Gasteiger partial charge in [-0.2, -0.15) is 0 Å². The van der Waals surface area contributed by atoms with Crippen molar-refractivity contribution < 1.29 is 5.11 Å². The van der Waals surface area contributed by atoms with Gasteiger partial charge in [-0.1, -0.05) is 0 Å². The molecular weight excluding hydrogens is 178 g/mol. The topological polar surface area (TPSA) is 74.9 Å². The molecule has 0 bridgehead atoms. The maximum absolute atomic E-state index is 9.11. The van der Waals surface area contributed by atoms with Crippen LogP contribution in [0.2, 0.25) is 0 Å². The quantitative estimate of drug-likeness (QED) is 0.655. The molecule has 0 spiro atoms. The molecule has 4 nitrogen and oxygen atoms in total. The molecule has 0 aromatic carbocycles. The highest BCUT2D eigenvalue weighted by Crippen LogP contribution is 2.19. The molecule has 2 aromatic heterocycles. The highest BCUT2D eigenvalue weighted by molar-refractivity contribution is 5.75. The Labute approximate surface area is 81.8 Å². The zero-order valence-corrected chi connectivity index (χ0v) is 7.99. The first-order valence-electron chi connectivity index (χ1n) is 4.47. The molecule has 0 saturated carbocycles. The van der Waals surface area contributed by atoms with E-state index in [1.165, 1.54) is 0 Å². The van der Waals surface area contributed by atoms with E-state index in [1.807, 2.05) is 18.3 Å². The van der Waals surface area contributed by atoms with Gasteiger partial charge < -0.3 is 15.8 Å². The van der Waals surface area contributed by atoms with E-state index in [-0.39, 0.29) is 6.61 Å². The third kappa shape index (κ3) is 1.38. The van der Waals surface area contributed by atoms with Gasteiger partial charge >= 0.3 is 0 Å². The second-order valence-electron chi connectivity index (χ2n) is 3.71. The number of hydrogen-bond acceptors (Lipinski definition) is 3. The molecule has 0 unspecified atom stereocenters. The molecule has 0 aliphatic rings. The molecule has 0 radical (unpaired) electrons. The van der Waals surface area contributed by atoms with Crippen molar-refractivity contribution in [3.05, 3.63) is 30.1 Å². The van der Waals surface area contributed by atoms with E-state index in [1.54, 1.807) is 13.1 Å². The van der Waals surface area contributed by atoms with Crippen LogP contribution in [0.15, 0.2) is 24.5 Å². The van der Waals surface area contributed by atoms with Crippen molar-refractivity contribution in [3.8, 4) is 0 Å². The summed E-state index contributed by atoms with van der Waals surface area (Å²) >= 11 is 0. The minimum Gasteiger partial charge on any atom is -0.394 e. The average Bonchev–Trinajstić information content (AvgIpc) is 2.64.